The van der Waals surface area contributed by atoms with Crippen molar-refractivity contribution in [2.24, 2.45) is 0 Å². The second kappa shape index (κ2) is 18.3. The molecule has 0 saturated carbocycles. The highest BCUT2D eigenvalue weighted by atomic mass is 32.2. The fourth-order valence-corrected chi connectivity index (χ4v) is 9.08. The fourth-order valence-electron chi connectivity index (χ4n) is 5.75. The van der Waals surface area contributed by atoms with Crippen LogP contribution < -0.4 is 9.04 Å². The van der Waals surface area contributed by atoms with Crippen LogP contribution in [-0.4, -0.2) is 92.5 Å². The van der Waals surface area contributed by atoms with E-state index in [2.05, 4.69) is 5.10 Å². The van der Waals surface area contributed by atoms with Gasteiger partial charge in [0.2, 0.25) is 0 Å². The lowest BCUT2D eigenvalue weighted by Crippen LogP contribution is -2.45. The number of rotatable bonds is 16. The average molecular weight is 835 g/mol. The summed E-state index contributed by atoms with van der Waals surface area (Å²) in [5, 5.41) is 12.3. The summed E-state index contributed by atoms with van der Waals surface area (Å²) < 4.78 is 103. The monoisotopic (exact) mass is 834 g/mol. The van der Waals surface area contributed by atoms with Crippen LogP contribution in [0.5, 0.6) is 5.75 Å². The Bertz CT molecular complexity index is 1890. The molecule has 0 fully saturated rings. The average Bonchev–Trinajstić information content (AvgIpc) is 3.47. The second-order valence-corrected chi connectivity index (χ2v) is 20.5. The number of aromatic nitrogens is 2. The van der Waals surface area contributed by atoms with Gasteiger partial charge in [-0.3, -0.25) is 13.7 Å². The van der Waals surface area contributed by atoms with Gasteiger partial charge in [-0.05, 0) is 89.5 Å². The number of hydrogen-bond acceptors (Lipinski definition) is 9. The highest BCUT2D eigenvalue weighted by Gasteiger charge is 2.38. The van der Waals surface area contributed by atoms with E-state index < -0.39 is 90.4 Å². The number of fused-ring (bicyclic) bond motifs is 1. The van der Waals surface area contributed by atoms with Crippen molar-refractivity contribution >= 4 is 54.3 Å². The van der Waals surface area contributed by atoms with E-state index in [0.717, 1.165) is 18.2 Å². The summed E-state index contributed by atoms with van der Waals surface area (Å²) in [5.41, 5.74) is -3.69. The molecular formula is C36H50F4N4O10SSi. The first-order chi connectivity index (χ1) is 25.8. The summed E-state index contributed by atoms with van der Waals surface area (Å²) in [7, 11) is -2.52. The quantitative estimate of drug-likeness (QED) is 0.0615. The molecule has 0 aliphatic rings. The van der Waals surface area contributed by atoms with E-state index in [9.17, 15) is 41.4 Å². The Kier molecular flexibility index (Phi) is 15.1. The molecule has 3 rings (SSSR count). The van der Waals surface area contributed by atoms with Crippen molar-refractivity contribution in [1.82, 2.24) is 14.7 Å². The second-order valence-electron chi connectivity index (χ2n) is 14.9. The largest absolute Gasteiger partial charge is 0.492 e. The third-order valence-corrected chi connectivity index (χ3v) is 13.9. The number of anilines is 1. The lowest BCUT2D eigenvalue weighted by molar-refractivity contribution is -0.152. The number of carboxylic acid groups (broad SMARTS) is 1. The van der Waals surface area contributed by atoms with Gasteiger partial charge >= 0.3 is 24.3 Å². The van der Waals surface area contributed by atoms with Gasteiger partial charge in [0.05, 0.1) is 30.4 Å². The van der Waals surface area contributed by atoms with E-state index in [1.807, 2.05) is 20.8 Å². The third-order valence-electron chi connectivity index (χ3n) is 8.59. The van der Waals surface area contributed by atoms with Crippen LogP contribution in [0.25, 0.3) is 10.9 Å². The van der Waals surface area contributed by atoms with E-state index in [4.69, 9.17) is 18.6 Å². The molecule has 2 N–H and O–H groups in total. The van der Waals surface area contributed by atoms with Crippen LogP contribution in [-0.2, 0) is 36.1 Å². The molecule has 2 atom stereocenters. The van der Waals surface area contributed by atoms with Gasteiger partial charge in [-0.1, -0.05) is 26.8 Å². The molecule has 56 heavy (non-hydrogen) atoms. The molecule has 14 nitrogen and oxygen atoms in total. The van der Waals surface area contributed by atoms with E-state index >= 15 is 4.39 Å². The number of benzene rings is 2. The highest BCUT2D eigenvalue weighted by Crippen LogP contribution is 2.36. The van der Waals surface area contributed by atoms with Crippen molar-refractivity contribution in [2.45, 2.75) is 104 Å². The Balaban J connectivity index is 2.05. The van der Waals surface area contributed by atoms with Crippen LogP contribution in [0, 0.1) is 5.82 Å². The van der Waals surface area contributed by atoms with Crippen molar-refractivity contribution in [3.8, 4) is 5.75 Å². The molecular weight excluding hydrogens is 785 g/mol. The van der Waals surface area contributed by atoms with Crippen molar-refractivity contribution in [3.05, 3.63) is 53.5 Å². The molecule has 1 aromatic heterocycles. The van der Waals surface area contributed by atoms with E-state index in [0.29, 0.717) is 28.0 Å². The molecule has 20 heteroatoms. The number of nitrogens with zero attached hydrogens (tertiary/aromatic N) is 4. The van der Waals surface area contributed by atoms with Crippen molar-refractivity contribution < 1.29 is 64.5 Å². The predicted octanol–water partition coefficient (Wildman–Crippen LogP) is 8.38. The van der Waals surface area contributed by atoms with Crippen LogP contribution in [0.4, 0.5) is 32.8 Å². The summed E-state index contributed by atoms with van der Waals surface area (Å²) in [5.74, 6) is -1.80. The molecule has 0 radical (unpaired) electrons. The maximum Gasteiger partial charge on any atom is 0.435 e. The molecule has 0 aliphatic carbocycles. The maximum absolute atomic E-state index is 15.4. The van der Waals surface area contributed by atoms with E-state index in [-0.39, 0.29) is 35.6 Å². The first kappa shape index (κ1) is 46.1. The van der Waals surface area contributed by atoms with Crippen LogP contribution in [0.1, 0.15) is 79.7 Å². The van der Waals surface area contributed by atoms with Crippen molar-refractivity contribution in [2.75, 3.05) is 30.5 Å². The third kappa shape index (κ3) is 12.4. The Morgan fingerprint density at radius 1 is 0.946 bits per heavy atom. The first-order valence-electron chi connectivity index (χ1n) is 17.8. The minimum absolute atomic E-state index is 0.00908. The minimum atomic E-state index is -4.92. The Labute approximate surface area is 326 Å². The minimum Gasteiger partial charge on any atom is -0.492 e. The van der Waals surface area contributed by atoms with Crippen LogP contribution in [0.15, 0.2) is 36.4 Å². The SMILES string of the molecule is CC[Si](CC)(CC)OC(CN(CCOc1ccc2c(C(F)(F)F)nn(C(=O)O)c2c1)C(=O)OC(C)(C)C)c1ccc(F)c(N(CC(=O)OC(C)(C)C)S(=O)O)c1. The molecule has 0 aliphatic heterocycles. The van der Waals surface area contributed by atoms with Gasteiger partial charge in [0.25, 0.3) is 11.3 Å². The van der Waals surface area contributed by atoms with Crippen molar-refractivity contribution in [1.29, 1.82) is 0 Å². The molecule has 2 aromatic carbocycles. The van der Waals surface area contributed by atoms with Crippen molar-refractivity contribution in [3.63, 3.8) is 0 Å². The lowest BCUT2D eigenvalue weighted by atomic mass is 10.1. The van der Waals surface area contributed by atoms with Gasteiger partial charge in [-0.25, -0.2) is 18.2 Å². The predicted molar refractivity (Wildman–Crippen MR) is 203 cm³/mol. The van der Waals surface area contributed by atoms with Crippen LogP contribution >= 0.6 is 0 Å². The first-order valence-corrected chi connectivity index (χ1v) is 21.4. The van der Waals surface area contributed by atoms with Crippen LogP contribution in [0.3, 0.4) is 0 Å². The Morgan fingerprint density at radius 3 is 2.07 bits per heavy atom. The molecule has 1 amide bonds. The normalized spacial score (nSPS) is 13.6. The number of ether oxygens (including phenoxy) is 3. The summed E-state index contributed by atoms with van der Waals surface area (Å²) in [6, 6.07) is 9.13. The molecule has 0 spiro atoms. The molecule has 312 valence electrons. The van der Waals surface area contributed by atoms with Gasteiger partial charge in [-0.15, -0.1) is 0 Å². The zero-order chi connectivity index (χ0) is 42.4. The number of carbonyl (C=O) groups excluding carboxylic acids is 2. The molecule has 3 aromatic rings. The lowest BCUT2D eigenvalue weighted by Gasteiger charge is -2.37. The number of amides is 1. The topological polar surface area (TPSA) is 170 Å². The molecule has 0 bridgehead atoms. The smallest absolute Gasteiger partial charge is 0.435 e. The summed E-state index contributed by atoms with van der Waals surface area (Å²) in [4.78, 5) is 39.4. The zero-order valence-electron chi connectivity index (χ0n) is 32.9. The highest BCUT2D eigenvalue weighted by molar-refractivity contribution is 7.80. The van der Waals surface area contributed by atoms with Gasteiger partial charge < -0.3 is 28.6 Å². The Morgan fingerprint density at radius 2 is 1.55 bits per heavy atom. The number of carbonyl (C=O) groups is 3. The summed E-state index contributed by atoms with van der Waals surface area (Å²) in [6.07, 6.45) is -8.40. The van der Waals surface area contributed by atoms with Gasteiger partial charge in [0.15, 0.2) is 14.0 Å². The Hall–Kier alpha value is -4.27. The molecule has 1 heterocycles. The number of alkyl halides is 3. The summed E-state index contributed by atoms with van der Waals surface area (Å²) in [6.45, 7) is 14.4. The standard InChI is InChI=1S/C36H50F4N4O10SSi/c1-10-56(11-2,12-3)54-29(23-13-16-26(37)28(19-23)43(55(49)50)22-30(45)52-34(4,5)6)21-42(33(48)53-35(7,8)9)17-18-51-24-14-15-25-27(20-24)44(32(46)47)41-31(25)36(38,39)40/h13-16,19-20,29H,10-12,17-18,21-22H2,1-9H3,(H,46,47)(H,49,50). The van der Waals surface area contributed by atoms with E-state index in [1.165, 1.54) is 23.1 Å². The molecule has 2 unspecified atom stereocenters. The van der Waals surface area contributed by atoms with E-state index in [1.54, 1.807) is 41.5 Å². The van der Waals surface area contributed by atoms with Gasteiger partial charge in [0.1, 0.15) is 35.9 Å². The van der Waals surface area contributed by atoms with Crippen LogP contribution in [0.2, 0.25) is 18.1 Å². The maximum atomic E-state index is 15.4. The van der Waals surface area contributed by atoms with Gasteiger partial charge in [-0.2, -0.15) is 23.0 Å². The number of esters is 1. The zero-order valence-corrected chi connectivity index (χ0v) is 34.7. The number of halogens is 4. The summed E-state index contributed by atoms with van der Waals surface area (Å²) >= 11 is -2.86. The van der Waals surface area contributed by atoms with Gasteiger partial charge in [0, 0.05) is 11.5 Å². The fraction of sp³-hybridized carbons (Fsp3) is 0.556. The molecule has 0 saturated heterocycles. The number of hydrogen-bond donors (Lipinski definition) is 2.